The normalized spacial score (nSPS) is 11.8. The Kier molecular flexibility index (Phi) is 7.55. The van der Waals surface area contributed by atoms with Gasteiger partial charge >= 0.3 is 6.09 Å². The Morgan fingerprint density at radius 1 is 1.17 bits per heavy atom. The molecular weight excluding hydrogens is 304 g/mol. The molecule has 0 radical (unpaired) electrons. The molecule has 24 heavy (non-hydrogen) atoms. The monoisotopic (exact) mass is 334 g/mol. The van der Waals surface area contributed by atoms with Crippen molar-refractivity contribution in [1.29, 1.82) is 0 Å². The Labute approximate surface area is 145 Å². The smallest absolute Gasteiger partial charge is 0.410 e. The van der Waals surface area contributed by atoms with Crippen LogP contribution in [0.3, 0.4) is 0 Å². The zero-order valence-electron chi connectivity index (χ0n) is 15.6. The third-order valence-corrected chi connectivity index (χ3v) is 3.18. The van der Waals surface area contributed by atoms with Crippen molar-refractivity contribution in [3.05, 3.63) is 35.4 Å². The predicted molar refractivity (Wildman–Crippen MR) is 98.0 cm³/mol. The van der Waals surface area contributed by atoms with Crippen molar-refractivity contribution in [2.24, 2.45) is 4.99 Å². The van der Waals surface area contributed by atoms with Crippen molar-refractivity contribution in [3.8, 4) is 0 Å². The molecule has 0 aliphatic rings. The summed E-state index contributed by atoms with van der Waals surface area (Å²) in [6, 6.07) is 8.14. The highest BCUT2D eigenvalue weighted by Gasteiger charge is 2.19. The van der Waals surface area contributed by atoms with Crippen molar-refractivity contribution in [3.63, 3.8) is 0 Å². The first-order valence-electron chi connectivity index (χ1n) is 8.21. The van der Waals surface area contributed by atoms with Crippen molar-refractivity contribution in [2.75, 3.05) is 20.6 Å². The van der Waals surface area contributed by atoms with Crippen LogP contribution in [-0.4, -0.2) is 43.2 Å². The summed E-state index contributed by atoms with van der Waals surface area (Å²) < 4.78 is 5.35. The summed E-state index contributed by atoms with van der Waals surface area (Å²) in [5, 5.41) is 6.40. The molecule has 6 heteroatoms. The molecule has 134 valence electrons. The van der Waals surface area contributed by atoms with E-state index in [2.05, 4.69) is 15.6 Å². The van der Waals surface area contributed by atoms with Crippen LogP contribution in [0, 0.1) is 0 Å². The van der Waals surface area contributed by atoms with Crippen LogP contribution in [0.2, 0.25) is 0 Å². The quantitative estimate of drug-likeness (QED) is 0.642. The fraction of sp³-hybridized carbons (Fsp3) is 0.556. The highest BCUT2D eigenvalue weighted by Crippen LogP contribution is 2.12. The predicted octanol–water partition coefficient (Wildman–Crippen LogP) is 2.74. The third-order valence-electron chi connectivity index (χ3n) is 3.18. The van der Waals surface area contributed by atoms with Crippen LogP contribution in [0.5, 0.6) is 0 Å². The first kappa shape index (κ1) is 19.8. The minimum atomic E-state index is -0.480. The molecule has 0 saturated carbocycles. The summed E-state index contributed by atoms with van der Waals surface area (Å²) in [6.07, 6.45) is -0.317. The van der Waals surface area contributed by atoms with E-state index >= 15 is 0 Å². The number of benzene rings is 1. The number of amides is 1. The molecule has 0 spiro atoms. The van der Waals surface area contributed by atoms with Gasteiger partial charge in [-0.25, -0.2) is 4.79 Å². The summed E-state index contributed by atoms with van der Waals surface area (Å²) in [7, 11) is 3.49. The summed E-state index contributed by atoms with van der Waals surface area (Å²) in [6.45, 7) is 9.66. The molecule has 0 aliphatic heterocycles. The van der Waals surface area contributed by atoms with E-state index in [0.717, 1.165) is 23.6 Å². The lowest BCUT2D eigenvalue weighted by molar-refractivity contribution is 0.0285. The third kappa shape index (κ3) is 7.35. The van der Waals surface area contributed by atoms with Gasteiger partial charge in [-0.2, -0.15) is 0 Å². The number of rotatable bonds is 5. The molecule has 1 aromatic carbocycles. The number of guanidine groups is 1. The van der Waals surface area contributed by atoms with Gasteiger partial charge in [0, 0.05) is 33.7 Å². The summed E-state index contributed by atoms with van der Waals surface area (Å²) in [5.74, 6) is 0.784. The molecule has 0 aliphatic carbocycles. The fourth-order valence-corrected chi connectivity index (χ4v) is 2.01. The average Bonchev–Trinajstić information content (AvgIpc) is 2.51. The SMILES string of the molecule is CCNC(=NC)NCc1ccc(CN(C)C(=O)OC(C)(C)C)cc1. The molecule has 0 atom stereocenters. The molecule has 1 rings (SSSR count). The molecule has 0 bridgehead atoms. The van der Waals surface area contributed by atoms with E-state index in [4.69, 9.17) is 4.74 Å². The van der Waals surface area contributed by atoms with E-state index in [-0.39, 0.29) is 6.09 Å². The molecule has 0 saturated heterocycles. The maximum absolute atomic E-state index is 12.0. The summed E-state index contributed by atoms with van der Waals surface area (Å²) >= 11 is 0. The van der Waals surface area contributed by atoms with Gasteiger partial charge in [-0.15, -0.1) is 0 Å². The minimum absolute atomic E-state index is 0.317. The van der Waals surface area contributed by atoms with Gasteiger partial charge in [0.2, 0.25) is 0 Å². The van der Waals surface area contributed by atoms with Crippen molar-refractivity contribution in [2.45, 2.75) is 46.4 Å². The summed E-state index contributed by atoms with van der Waals surface area (Å²) in [5.41, 5.74) is 1.73. The molecule has 1 amide bonds. The second kappa shape index (κ2) is 9.15. The number of nitrogens with zero attached hydrogens (tertiary/aromatic N) is 2. The number of nitrogens with one attached hydrogen (secondary N) is 2. The van der Waals surface area contributed by atoms with Gasteiger partial charge in [-0.1, -0.05) is 24.3 Å². The number of carbonyl (C=O) groups excluding carboxylic acids is 1. The van der Waals surface area contributed by atoms with Crippen molar-refractivity contribution in [1.82, 2.24) is 15.5 Å². The van der Waals surface area contributed by atoms with E-state index < -0.39 is 5.60 Å². The average molecular weight is 334 g/mol. The standard InChI is InChI=1S/C18H30N4O2/c1-7-20-16(19-5)21-12-14-8-10-15(11-9-14)13-22(6)17(23)24-18(2,3)4/h8-11H,7,12-13H2,1-6H3,(H2,19,20,21). The summed E-state index contributed by atoms with van der Waals surface area (Å²) in [4.78, 5) is 17.7. The first-order chi connectivity index (χ1) is 11.2. The van der Waals surface area contributed by atoms with Gasteiger partial charge < -0.3 is 20.3 Å². The van der Waals surface area contributed by atoms with Crippen molar-refractivity contribution >= 4 is 12.1 Å². The highest BCUT2D eigenvalue weighted by atomic mass is 16.6. The molecule has 1 aromatic rings. The second-order valence-corrected chi connectivity index (χ2v) is 6.61. The van der Waals surface area contributed by atoms with E-state index in [9.17, 15) is 4.79 Å². The van der Waals surface area contributed by atoms with Crippen LogP contribution in [0.25, 0.3) is 0 Å². The largest absolute Gasteiger partial charge is 0.444 e. The van der Waals surface area contributed by atoms with Gasteiger partial charge in [0.25, 0.3) is 0 Å². The Balaban J connectivity index is 2.54. The first-order valence-corrected chi connectivity index (χ1v) is 8.21. The lowest BCUT2D eigenvalue weighted by atomic mass is 10.1. The van der Waals surface area contributed by atoms with Crippen LogP contribution < -0.4 is 10.6 Å². The second-order valence-electron chi connectivity index (χ2n) is 6.61. The van der Waals surface area contributed by atoms with E-state index in [0.29, 0.717) is 13.1 Å². The van der Waals surface area contributed by atoms with E-state index in [1.807, 2.05) is 52.0 Å². The van der Waals surface area contributed by atoms with Crippen LogP contribution >= 0.6 is 0 Å². The van der Waals surface area contributed by atoms with Crippen molar-refractivity contribution < 1.29 is 9.53 Å². The van der Waals surface area contributed by atoms with Crippen LogP contribution in [0.1, 0.15) is 38.8 Å². The number of ether oxygens (including phenoxy) is 1. The molecule has 6 nitrogen and oxygen atoms in total. The van der Waals surface area contributed by atoms with Gasteiger partial charge in [-0.3, -0.25) is 4.99 Å². The minimum Gasteiger partial charge on any atom is -0.444 e. The van der Waals surface area contributed by atoms with Crippen LogP contribution in [0.4, 0.5) is 4.79 Å². The van der Waals surface area contributed by atoms with E-state index in [1.165, 1.54) is 0 Å². The van der Waals surface area contributed by atoms with Gasteiger partial charge in [-0.05, 0) is 38.8 Å². The van der Waals surface area contributed by atoms with Gasteiger partial charge in [0.15, 0.2) is 5.96 Å². The number of carbonyl (C=O) groups is 1. The number of hydrogen-bond acceptors (Lipinski definition) is 3. The molecule has 2 N–H and O–H groups in total. The van der Waals surface area contributed by atoms with Gasteiger partial charge in [0.05, 0.1) is 0 Å². The lowest BCUT2D eigenvalue weighted by Crippen LogP contribution is -2.36. The molecule has 0 fully saturated rings. The molecule has 0 unspecified atom stereocenters. The zero-order chi connectivity index (χ0) is 18.2. The number of aliphatic imine (C=N–C) groups is 1. The van der Waals surface area contributed by atoms with Crippen LogP contribution in [0.15, 0.2) is 29.3 Å². The fourth-order valence-electron chi connectivity index (χ4n) is 2.01. The zero-order valence-corrected chi connectivity index (χ0v) is 15.6. The Morgan fingerprint density at radius 2 is 1.75 bits per heavy atom. The van der Waals surface area contributed by atoms with Crippen LogP contribution in [-0.2, 0) is 17.8 Å². The molecular formula is C18H30N4O2. The Morgan fingerprint density at radius 3 is 2.25 bits per heavy atom. The lowest BCUT2D eigenvalue weighted by Gasteiger charge is -2.24. The highest BCUT2D eigenvalue weighted by molar-refractivity contribution is 5.79. The van der Waals surface area contributed by atoms with E-state index in [1.54, 1.807) is 19.0 Å². The Hall–Kier alpha value is -2.24. The maximum atomic E-state index is 12.0. The Bertz CT molecular complexity index is 547. The molecule has 0 heterocycles. The molecule has 0 aromatic heterocycles. The number of hydrogen-bond donors (Lipinski definition) is 2. The topological polar surface area (TPSA) is 66.0 Å². The maximum Gasteiger partial charge on any atom is 0.410 e. The van der Waals surface area contributed by atoms with Gasteiger partial charge in [0.1, 0.15) is 5.60 Å².